The predicted molar refractivity (Wildman–Crippen MR) is 87.8 cm³/mol. The molecular weight excluding hydrogens is 288 g/mol. The van der Waals surface area contributed by atoms with Gasteiger partial charge in [0.2, 0.25) is 0 Å². The fourth-order valence-corrected chi connectivity index (χ4v) is 2.33. The number of hydrogen-bond acceptors (Lipinski definition) is 5. The zero-order chi connectivity index (χ0) is 15.5. The second kappa shape index (κ2) is 5.84. The third-order valence-corrected chi connectivity index (χ3v) is 3.47. The average Bonchev–Trinajstić information content (AvgIpc) is 3.05. The van der Waals surface area contributed by atoms with Gasteiger partial charge in [0.15, 0.2) is 11.5 Å². The highest BCUT2D eigenvalue weighted by Gasteiger charge is 2.09. The molecule has 3 heterocycles. The molecule has 112 valence electrons. The zero-order valence-corrected chi connectivity index (χ0v) is 12.3. The van der Waals surface area contributed by atoms with Crippen LogP contribution in [0.2, 0.25) is 0 Å². The Morgan fingerprint density at radius 2 is 1.74 bits per heavy atom. The molecule has 0 aliphatic rings. The number of fused-ring (bicyclic) bond motifs is 1. The van der Waals surface area contributed by atoms with Gasteiger partial charge in [-0.2, -0.15) is 4.52 Å². The molecule has 0 bridgehead atoms. The van der Waals surface area contributed by atoms with Crippen LogP contribution < -0.4 is 5.32 Å². The topological polar surface area (TPSA) is 68.0 Å². The molecule has 4 aromatic rings. The van der Waals surface area contributed by atoms with Crippen molar-refractivity contribution in [3.8, 4) is 11.4 Å². The maximum atomic E-state index is 4.58. The summed E-state index contributed by atoms with van der Waals surface area (Å²) < 4.78 is 1.75. The standard InChI is InChI=1S/C17H14N6/c1-2-6-13(7-3-1)17-21-20-16-10-9-15(22-23(16)17)19-12-14-8-4-5-11-18-14/h1-11H,12H2,(H,19,22). The van der Waals surface area contributed by atoms with Gasteiger partial charge in [-0.15, -0.1) is 15.3 Å². The number of rotatable bonds is 4. The highest BCUT2D eigenvalue weighted by Crippen LogP contribution is 2.18. The van der Waals surface area contributed by atoms with Gasteiger partial charge in [-0.3, -0.25) is 4.98 Å². The Balaban J connectivity index is 1.65. The van der Waals surface area contributed by atoms with Gasteiger partial charge in [0.05, 0.1) is 12.2 Å². The fraction of sp³-hybridized carbons (Fsp3) is 0.0588. The molecule has 0 saturated carbocycles. The summed E-state index contributed by atoms with van der Waals surface area (Å²) in [6.07, 6.45) is 1.78. The Hall–Kier alpha value is -3.28. The molecule has 0 aliphatic heterocycles. The van der Waals surface area contributed by atoms with Gasteiger partial charge < -0.3 is 5.32 Å². The van der Waals surface area contributed by atoms with E-state index < -0.39 is 0 Å². The molecule has 4 rings (SSSR count). The normalized spacial score (nSPS) is 10.8. The predicted octanol–water partition coefficient (Wildman–Crippen LogP) is 2.80. The van der Waals surface area contributed by atoms with E-state index >= 15 is 0 Å². The Kier molecular flexibility index (Phi) is 3.40. The van der Waals surface area contributed by atoms with Crippen molar-refractivity contribution in [3.63, 3.8) is 0 Å². The van der Waals surface area contributed by atoms with Crippen LogP contribution in [0.5, 0.6) is 0 Å². The first-order valence-electron chi connectivity index (χ1n) is 7.32. The van der Waals surface area contributed by atoms with Crippen LogP contribution in [0.1, 0.15) is 5.69 Å². The van der Waals surface area contributed by atoms with Crippen LogP contribution in [0.15, 0.2) is 66.9 Å². The van der Waals surface area contributed by atoms with Crippen LogP contribution in [-0.4, -0.2) is 24.8 Å². The van der Waals surface area contributed by atoms with E-state index in [-0.39, 0.29) is 0 Å². The molecular formula is C17H14N6. The van der Waals surface area contributed by atoms with Gasteiger partial charge in [-0.05, 0) is 24.3 Å². The molecule has 6 heteroatoms. The lowest BCUT2D eigenvalue weighted by atomic mass is 10.2. The van der Waals surface area contributed by atoms with Gasteiger partial charge in [0, 0.05) is 11.8 Å². The van der Waals surface area contributed by atoms with Crippen molar-refractivity contribution in [3.05, 3.63) is 72.6 Å². The molecule has 0 spiro atoms. The minimum absolute atomic E-state index is 0.613. The Morgan fingerprint density at radius 1 is 0.870 bits per heavy atom. The highest BCUT2D eigenvalue weighted by molar-refractivity contribution is 5.59. The molecule has 1 N–H and O–H groups in total. The van der Waals surface area contributed by atoms with E-state index in [1.807, 2.05) is 60.7 Å². The van der Waals surface area contributed by atoms with Crippen molar-refractivity contribution < 1.29 is 0 Å². The van der Waals surface area contributed by atoms with Crippen molar-refractivity contribution in [2.75, 3.05) is 5.32 Å². The van der Waals surface area contributed by atoms with Gasteiger partial charge in [-0.25, -0.2) is 0 Å². The third kappa shape index (κ3) is 2.74. The largest absolute Gasteiger partial charge is 0.363 e. The Bertz CT molecular complexity index is 918. The first-order chi connectivity index (χ1) is 11.4. The van der Waals surface area contributed by atoms with Crippen LogP contribution >= 0.6 is 0 Å². The highest BCUT2D eigenvalue weighted by atomic mass is 15.4. The monoisotopic (exact) mass is 302 g/mol. The summed E-state index contributed by atoms with van der Waals surface area (Å²) in [4.78, 5) is 4.29. The summed E-state index contributed by atoms with van der Waals surface area (Å²) in [5.74, 6) is 1.47. The smallest absolute Gasteiger partial charge is 0.185 e. The summed E-state index contributed by atoms with van der Waals surface area (Å²) in [5, 5.41) is 16.3. The summed E-state index contributed by atoms with van der Waals surface area (Å²) in [6, 6.07) is 19.5. The van der Waals surface area contributed by atoms with E-state index in [4.69, 9.17) is 0 Å². The zero-order valence-electron chi connectivity index (χ0n) is 12.3. The van der Waals surface area contributed by atoms with Gasteiger partial charge in [-0.1, -0.05) is 36.4 Å². The van der Waals surface area contributed by atoms with Crippen molar-refractivity contribution in [2.45, 2.75) is 6.54 Å². The van der Waals surface area contributed by atoms with E-state index in [1.54, 1.807) is 10.7 Å². The summed E-state index contributed by atoms with van der Waals surface area (Å²) in [5.41, 5.74) is 2.66. The van der Waals surface area contributed by atoms with Gasteiger partial charge in [0.1, 0.15) is 5.82 Å². The lowest BCUT2D eigenvalue weighted by Gasteiger charge is -2.06. The third-order valence-electron chi connectivity index (χ3n) is 3.47. The first kappa shape index (κ1) is 13.4. The average molecular weight is 302 g/mol. The Labute approximate surface area is 132 Å². The van der Waals surface area contributed by atoms with Crippen molar-refractivity contribution in [1.82, 2.24) is 24.8 Å². The summed E-state index contributed by atoms with van der Waals surface area (Å²) >= 11 is 0. The number of pyridine rings is 1. The Morgan fingerprint density at radius 3 is 2.57 bits per heavy atom. The number of anilines is 1. The maximum absolute atomic E-state index is 4.58. The molecule has 3 aromatic heterocycles. The quantitative estimate of drug-likeness (QED) is 0.628. The second-order valence-corrected chi connectivity index (χ2v) is 5.05. The minimum Gasteiger partial charge on any atom is -0.363 e. The summed E-state index contributed by atoms with van der Waals surface area (Å²) in [6.45, 7) is 0.613. The molecule has 1 aromatic carbocycles. The van der Waals surface area contributed by atoms with Gasteiger partial charge >= 0.3 is 0 Å². The fourth-order valence-electron chi connectivity index (χ4n) is 2.33. The number of hydrogen-bond donors (Lipinski definition) is 1. The number of benzene rings is 1. The second-order valence-electron chi connectivity index (χ2n) is 5.05. The lowest BCUT2D eigenvalue weighted by molar-refractivity contribution is 0.918. The van der Waals surface area contributed by atoms with E-state index in [1.165, 1.54) is 0 Å². The number of nitrogens with one attached hydrogen (secondary N) is 1. The molecule has 0 atom stereocenters. The van der Waals surface area contributed by atoms with Crippen molar-refractivity contribution in [2.24, 2.45) is 0 Å². The van der Waals surface area contributed by atoms with Crippen LogP contribution in [0.25, 0.3) is 17.0 Å². The minimum atomic E-state index is 0.613. The number of nitrogens with zero attached hydrogens (tertiary/aromatic N) is 5. The molecule has 0 saturated heterocycles. The summed E-state index contributed by atoms with van der Waals surface area (Å²) in [7, 11) is 0. The van der Waals surface area contributed by atoms with Crippen molar-refractivity contribution in [1.29, 1.82) is 0 Å². The molecule has 23 heavy (non-hydrogen) atoms. The molecule has 0 radical (unpaired) electrons. The van der Waals surface area contributed by atoms with Crippen molar-refractivity contribution >= 4 is 11.5 Å². The van der Waals surface area contributed by atoms with Crippen LogP contribution in [0.3, 0.4) is 0 Å². The number of aromatic nitrogens is 5. The lowest BCUT2D eigenvalue weighted by Crippen LogP contribution is -2.05. The molecule has 0 unspecified atom stereocenters. The van der Waals surface area contributed by atoms with Gasteiger partial charge in [0.25, 0.3) is 0 Å². The SMILES string of the molecule is c1ccc(-c2nnc3ccc(NCc4ccccn4)nn23)cc1. The molecule has 0 aliphatic carbocycles. The molecule has 0 fully saturated rings. The van der Waals surface area contributed by atoms with E-state index in [9.17, 15) is 0 Å². The molecule has 6 nitrogen and oxygen atoms in total. The van der Waals surface area contributed by atoms with Crippen LogP contribution in [-0.2, 0) is 6.54 Å². The van der Waals surface area contributed by atoms with E-state index in [0.717, 1.165) is 22.9 Å². The molecule has 0 amide bonds. The van der Waals surface area contributed by atoms with Crippen LogP contribution in [0, 0.1) is 0 Å². The van der Waals surface area contributed by atoms with E-state index in [2.05, 4.69) is 25.6 Å². The maximum Gasteiger partial charge on any atom is 0.185 e. The van der Waals surface area contributed by atoms with E-state index in [0.29, 0.717) is 12.2 Å². The van der Waals surface area contributed by atoms with Crippen LogP contribution in [0.4, 0.5) is 5.82 Å². The first-order valence-corrected chi connectivity index (χ1v) is 7.32.